The largest absolute Gasteiger partial charge is 0.465 e. The number of sulfonamides is 1. The first-order valence-electron chi connectivity index (χ1n) is 16.0. The summed E-state index contributed by atoms with van der Waals surface area (Å²) in [7, 11) is -2.44. The van der Waals surface area contributed by atoms with E-state index in [1.165, 1.54) is 16.3 Å². The van der Waals surface area contributed by atoms with Gasteiger partial charge in [-0.3, -0.25) is 0 Å². The molecule has 1 aliphatic heterocycles. The maximum atomic E-state index is 14.1. The topological polar surface area (TPSA) is 147 Å². The number of aryl methyl sites for hydroxylation is 1. The zero-order chi connectivity index (χ0) is 34.5. The van der Waals surface area contributed by atoms with E-state index < -0.39 is 21.4 Å². The Bertz CT molecular complexity index is 2060. The van der Waals surface area contributed by atoms with Gasteiger partial charge in [-0.1, -0.05) is 54.6 Å². The minimum atomic E-state index is -3.90. The van der Waals surface area contributed by atoms with E-state index >= 15 is 0 Å². The Labute approximate surface area is 285 Å². The van der Waals surface area contributed by atoms with Crippen LogP contribution in [-0.4, -0.2) is 72.4 Å². The normalized spacial score (nSPS) is 15.5. The number of nitrogens with zero attached hydrogens (tertiary/aromatic N) is 5. The van der Waals surface area contributed by atoms with Crippen LogP contribution in [0.15, 0.2) is 91.3 Å². The molecule has 0 bridgehead atoms. The molecule has 3 aromatic carbocycles. The second-order valence-corrected chi connectivity index (χ2v) is 14.1. The lowest BCUT2D eigenvalue weighted by molar-refractivity contribution is 0.132. The van der Waals surface area contributed by atoms with Crippen LogP contribution in [0.4, 0.5) is 16.4 Å². The number of rotatable bonds is 11. The van der Waals surface area contributed by atoms with Crippen LogP contribution >= 0.6 is 0 Å². The molecule has 2 aromatic heterocycles. The van der Waals surface area contributed by atoms with Crippen LogP contribution in [0, 0.1) is 6.92 Å². The van der Waals surface area contributed by atoms with Gasteiger partial charge in [0, 0.05) is 49.4 Å². The van der Waals surface area contributed by atoms with Crippen LogP contribution in [0.2, 0.25) is 0 Å². The third-order valence-corrected chi connectivity index (χ3v) is 10.7. The molecule has 12 nitrogen and oxygen atoms in total. The second-order valence-electron chi connectivity index (χ2n) is 11.9. The Balaban J connectivity index is 1.34. The Morgan fingerprint density at radius 3 is 2.61 bits per heavy atom. The summed E-state index contributed by atoms with van der Waals surface area (Å²) in [6, 6.07) is 23.6. The van der Waals surface area contributed by atoms with Gasteiger partial charge in [-0.2, -0.15) is 0 Å². The van der Waals surface area contributed by atoms with E-state index in [4.69, 9.17) is 14.5 Å². The number of carbonyl (C=O) groups is 1. The van der Waals surface area contributed by atoms with Gasteiger partial charge in [0.1, 0.15) is 17.7 Å². The number of ether oxygens (including phenoxy) is 2. The smallest absolute Gasteiger partial charge is 0.407 e. The summed E-state index contributed by atoms with van der Waals surface area (Å²) in [5.41, 5.74) is 3.15. The summed E-state index contributed by atoms with van der Waals surface area (Å²) >= 11 is 0. The molecular formula is C36H38N6O6S. The van der Waals surface area contributed by atoms with Crippen molar-refractivity contribution >= 4 is 38.5 Å². The Morgan fingerprint density at radius 1 is 1.02 bits per heavy atom. The van der Waals surface area contributed by atoms with Crippen LogP contribution in [0.5, 0.6) is 11.6 Å². The monoisotopic (exact) mass is 682 g/mol. The summed E-state index contributed by atoms with van der Waals surface area (Å²) in [4.78, 5) is 26.6. The fourth-order valence-corrected chi connectivity index (χ4v) is 7.62. The number of piperidine rings is 1. The van der Waals surface area contributed by atoms with Crippen molar-refractivity contribution in [3.05, 3.63) is 102 Å². The first-order chi connectivity index (χ1) is 23.7. The number of pyridine rings is 1. The fraction of sp³-hybridized carbons (Fsp3) is 0.278. The summed E-state index contributed by atoms with van der Waals surface area (Å²) in [5, 5.41) is 13.3. The molecule has 2 N–H and O–H groups in total. The summed E-state index contributed by atoms with van der Waals surface area (Å²) in [6.45, 7) is 4.27. The number of anilines is 2. The minimum absolute atomic E-state index is 0.116. The molecule has 5 aromatic rings. The SMILES string of the molecule is COCN(c1cccc2c(Oc3ncccc3-c3ccnc(NC4CCCN(C(=O)O)C4)n3)c(C)ccc12)S(=O)(=O)C(C)c1ccccc1. The predicted molar refractivity (Wildman–Crippen MR) is 188 cm³/mol. The van der Waals surface area contributed by atoms with E-state index in [-0.39, 0.29) is 12.8 Å². The van der Waals surface area contributed by atoms with Crippen LogP contribution in [0.1, 0.15) is 36.1 Å². The molecule has 49 heavy (non-hydrogen) atoms. The van der Waals surface area contributed by atoms with Crippen molar-refractivity contribution in [3.63, 3.8) is 0 Å². The van der Waals surface area contributed by atoms with Gasteiger partial charge in [0.2, 0.25) is 21.9 Å². The zero-order valence-electron chi connectivity index (χ0n) is 27.5. The average Bonchev–Trinajstić information content (AvgIpc) is 3.12. The van der Waals surface area contributed by atoms with E-state index in [1.54, 1.807) is 55.7 Å². The molecule has 0 spiro atoms. The van der Waals surface area contributed by atoms with Gasteiger partial charge in [-0.15, -0.1) is 0 Å². The highest BCUT2D eigenvalue weighted by molar-refractivity contribution is 7.93. The number of methoxy groups -OCH3 is 1. The number of nitrogens with one attached hydrogen (secondary N) is 1. The number of hydrogen-bond acceptors (Lipinski definition) is 9. The van der Waals surface area contributed by atoms with Gasteiger partial charge in [0.25, 0.3) is 0 Å². The van der Waals surface area contributed by atoms with E-state index in [2.05, 4.69) is 15.3 Å². The number of carboxylic acid groups (broad SMARTS) is 1. The number of amides is 1. The third-order valence-electron chi connectivity index (χ3n) is 8.65. The molecule has 0 aliphatic carbocycles. The quantitative estimate of drug-likeness (QED) is 0.142. The van der Waals surface area contributed by atoms with Crippen molar-refractivity contribution in [1.29, 1.82) is 0 Å². The summed E-state index contributed by atoms with van der Waals surface area (Å²) in [6.07, 6.45) is 3.87. The van der Waals surface area contributed by atoms with Crippen molar-refractivity contribution in [3.8, 4) is 22.9 Å². The van der Waals surface area contributed by atoms with E-state index in [0.29, 0.717) is 63.9 Å². The van der Waals surface area contributed by atoms with Crippen molar-refractivity contribution in [2.24, 2.45) is 0 Å². The maximum absolute atomic E-state index is 14.1. The standard InChI is InChI=1S/C36H38N6O6S/c1-24-16-17-28-29(13-7-15-32(28)42(23-47-3)49(45,46)25(2)26-10-5-4-6-11-26)33(24)48-34-30(14-8-19-37-34)31-18-20-38-35(40-31)39-27-12-9-21-41(22-27)36(43)44/h4-8,10-11,13-20,25,27H,9,12,21-23H2,1-3H3,(H,43,44)(H,38,39,40). The summed E-state index contributed by atoms with van der Waals surface area (Å²) in [5.74, 6) is 1.20. The van der Waals surface area contributed by atoms with Crippen molar-refractivity contribution in [2.75, 3.05) is 36.6 Å². The number of fused-ring (bicyclic) bond motifs is 1. The van der Waals surface area contributed by atoms with Gasteiger partial charge in [-0.05, 0) is 62.1 Å². The van der Waals surface area contributed by atoms with Gasteiger partial charge in [-0.25, -0.2) is 32.5 Å². The molecule has 1 fully saturated rings. The van der Waals surface area contributed by atoms with E-state index in [9.17, 15) is 18.3 Å². The summed E-state index contributed by atoms with van der Waals surface area (Å²) < 4.78 is 41.4. The van der Waals surface area contributed by atoms with Crippen molar-refractivity contribution in [2.45, 2.75) is 38.0 Å². The zero-order valence-corrected chi connectivity index (χ0v) is 28.3. The number of benzene rings is 3. The fourth-order valence-electron chi connectivity index (χ4n) is 6.05. The Morgan fingerprint density at radius 2 is 1.84 bits per heavy atom. The molecule has 254 valence electrons. The molecule has 1 aliphatic rings. The highest BCUT2D eigenvalue weighted by atomic mass is 32.2. The lowest BCUT2D eigenvalue weighted by Gasteiger charge is -2.31. The van der Waals surface area contributed by atoms with Gasteiger partial charge in [0.15, 0.2) is 0 Å². The molecule has 1 amide bonds. The predicted octanol–water partition coefficient (Wildman–Crippen LogP) is 6.85. The van der Waals surface area contributed by atoms with Crippen molar-refractivity contribution in [1.82, 2.24) is 19.9 Å². The molecular weight excluding hydrogens is 644 g/mol. The van der Waals surface area contributed by atoms with Crippen LogP contribution in [0.25, 0.3) is 22.0 Å². The first kappa shape index (κ1) is 33.6. The maximum Gasteiger partial charge on any atom is 0.407 e. The van der Waals surface area contributed by atoms with Gasteiger partial charge >= 0.3 is 6.09 Å². The van der Waals surface area contributed by atoms with Crippen LogP contribution in [-0.2, 0) is 14.8 Å². The molecule has 3 heterocycles. The highest BCUT2D eigenvalue weighted by Crippen LogP contribution is 2.41. The molecule has 2 unspecified atom stereocenters. The molecule has 0 radical (unpaired) electrons. The van der Waals surface area contributed by atoms with Crippen LogP contribution in [0.3, 0.4) is 0 Å². The molecule has 2 atom stereocenters. The van der Waals surface area contributed by atoms with Gasteiger partial charge < -0.3 is 24.8 Å². The Kier molecular flexibility index (Phi) is 9.92. The van der Waals surface area contributed by atoms with E-state index in [0.717, 1.165) is 18.4 Å². The van der Waals surface area contributed by atoms with E-state index in [1.807, 2.05) is 49.4 Å². The molecule has 6 rings (SSSR count). The number of hydrogen-bond donors (Lipinski definition) is 2. The first-order valence-corrected chi connectivity index (χ1v) is 17.5. The van der Waals surface area contributed by atoms with Crippen LogP contribution < -0.4 is 14.4 Å². The molecule has 13 heteroatoms. The third kappa shape index (κ3) is 7.13. The second kappa shape index (κ2) is 14.5. The lowest BCUT2D eigenvalue weighted by atomic mass is 10.0. The minimum Gasteiger partial charge on any atom is -0.465 e. The number of likely N-dealkylation sites (tertiary alicyclic amines) is 1. The highest BCUT2D eigenvalue weighted by Gasteiger charge is 2.32. The molecule has 1 saturated heterocycles. The Hall–Kier alpha value is -5.27. The van der Waals surface area contributed by atoms with Gasteiger partial charge in [0.05, 0.1) is 16.9 Å². The lowest BCUT2D eigenvalue weighted by Crippen LogP contribution is -2.44. The number of aromatic nitrogens is 3. The molecule has 0 saturated carbocycles. The average molecular weight is 683 g/mol. The van der Waals surface area contributed by atoms with Crippen molar-refractivity contribution < 1.29 is 27.8 Å².